The zero-order chi connectivity index (χ0) is 50.6. The summed E-state index contributed by atoms with van der Waals surface area (Å²) in [5.74, 6) is -0.777. The van der Waals surface area contributed by atoms with E-state index in [0.29, 0.717) is 71.2 Å². The fourth-order valence-corrected chi connectivity index (χ4v) is 12.8. The fraction of sp³-hybridized carbons (Fsp3) is 0.444. The number of nitrogens with zero attached hydrogens (tertiary/aromatic N) is 9. The van der Waals surface area contributed by atoms with E-state index in [2.05, 4.69) is 55.7 Å². The number of piperazine rings is 1. The lowest BCUT2D eigenvalue weighted by Gasteiger charge is -2.48. The molecule has 1 aromatic carbocycles. The van der Waals surface area contributed by atoms with Crippen molar-refractivity contribution in [2.75, 3.05) is 59.3 Å². The Morgan fingerprint density at radius 1 is 0.849 bits per heavy atom. The number of anilines is 5. The molecule has 19 nitrogen and oxygen atoms in total. The summed E-state index contributed by atoms with van der Waals surface area (Å²) >= 11 is 0. The van der Waals surface area contributed by atoms with Crippen LogP contribution in [0.15, 0.2) is 65.8 Å². The van der Waals surface area contributed by atoms with Crippen LogP contribution in [0, 0.1) is 5.41 Å². The number of amides is 5. The first-order valence-electron chi connectivity index (χ1n) is 25.5. The summed E-state index contributed by atoms with van der Waals surface area (Å²) in [6, 6.07) is 12.6. The molecule has 7 aliphatic rings. The first-order chi connectivity index (χ1) is 35.1. The number of piperidine rings is 2. The molecule has 5 aromatic rings. The van der Waals surface area contributed by atoms with E-state index >= 15 is 0 Å². The quantitative estimate of drug-likeness (QED) is 0.185. The molecular formula is C54H59N11O8. The van der Waals surface area contributed by atoms with Gasteiger partial charge >= 0.3 is 0 Å². The van der Waals surface area contributed by atoms with Crippen molar-refractivity contribution < 1.29 is 33.8 Å². The van der Waals surface area contributed by atoms with Gasteiger partial charge < -0.3 is 34.1 Å². The number of pyridine rings is 3. The van der Waals surface area contributed by atoms with Crippen molar-refractivity contribution in [2.45, 2.75) is 103 Å². The van der Waals surface area contributed by atoms with Crippen LogP contribution in [0.2, 0.25) is 0 Å². The van der Waals surface area contributed by atoms with Gasteiger partial charge in [0, 0.05) is 106 Å². The number of aliphatic hydroxyl groups excluding tert-OH is 1. The first-order valence-corrected chi connectivity index (χ1v) is 25.5. The Morgan fingerprint density at radius 3 is 2.44 bits per heavy atom. The number of carbonyl (C=O) groups is 5. The van der Waals surface area contributed by atoms with Crippen molar-refractivity contribution in [3.63, 3.8) is 0 Å². The van der Waals surface area contributed by atoms with Gasteiger partial charge in [0.25, 0.3) is 23.3 Å². The third-order valence-electron chi connectivity index (χ3n) is 16.3. The lowest BCUT2D eigenvalue weighted by Crippen LogP contribution is -2.58. The maximum Gasteiger partial charge on any atom is 0.276 e. The van der Waals surface area contributed by atoms with E-state index < -0.39 is 29.7 Å². The number of hydrogen-bond donors (Lipinski definition) is 3. The van der Waals surface area contributed by atoms with E-state index in [-0.39, 0.29) is 59.5 Å². The molecule has 3 N–H and O–H groups in total. The lowest BCUT2D eigenvalue weighted by molar-refractivity contribution is -0.136. The van der Waals surface area contributed by atoms with Gasteiger partial charge in [-0.1, -0.05) is 13.8 Å². The lowest BCUT2D eigenvalue weighted by atomic mass is 9.90. The third-order valence-corrected chi connectivity index (χ3v) is 16.3. The van der Waals surface area contributed by atoms with E-state index in [0.717, 1.165) is 74.6 Å². The molecule has 3 fully saturated rings. The average molecular weight is 990 g/mol. The van der Waals surface area contributed by atoms with Crippen LogP contribution < -0.4 is 35.6 Å². The highest BCUT2D eigenvalue weighted by Gasteiger charge is 2.47. The second kappa shape index (κ2) is 17.7. The van der Waals surface area contributed by atoms with E-state index in [1.807, 2.05) is 24.4 Å². The van der Waals surface area contributed by atoms with Crippen molar-refractivity contribution in [3.05, 3.63) is 105 Å². The molecule has 0 saturated carbocycles. The first kappa shape index (κ1) is 46.7. The highest BCUT2D eigenvalue weighted by Crippen LogP contribution is 2.44. The number of hydrogen-bond acceptors (Lipinski definition) is 14. The van der Waals surface area contributed by atoms with Gasteiger partial charge in [0.1, 0.15) is 34.8 Å². The third kappa shape index (κ3) is 7.94. The van der Waals surface area contributed by atoms with Crippen LogP contribution >= 0.6 is 0 Å². The molecule has 10 heterocycles. The molecule has 1 aliphatic carbocycles. The molecule has 4 aromatic heterocycles. The van der Waals surface area contributed by atoms with E-state index in [1.54, 1.807) is 48.6 Å². The Morgan fingerprint density at radius 2 is 1.67 bits per heavy atom. The molecule has 378 valence electrons. The van der Waals surface area contributed by atoms with Crippen LogP contribution in [-0.2, 0) is 42.6 Å². The van der Waals surface area contributed by atoms with Gasteiger partial charge in [-0.2, -0.15) is 0 Å². The van der Waals surface area contributed by atoms with Gasteiger partial charge in [-0.15, -0.1) is 0 Å². The summed E-state index contributed by atoms with van der Waals surface area (Å²) in [6.07, 6.45) is 9.86. The second-order valence-electron chi connectivity index (χ2n) is 21.5. The van der Waals surface area contributed by atoms with Crippen molar-refractivity contribution >= 4 is 58.2 Å². The summed E-state index contributed by atoms with van der Waals surface area (Å²) in [5.41, 5.74) is 7.45. The van der Waals surface area contributed by atoms with Crippen molar-refractivity contribution in [1.82, 2.24) is 34.2 Å². The predicted molar refractivity (Wildman–Crippen MR) is 271 cm³/mol. The monoisotopic (exact) mass is 989 g/mol. The summed E-state index contributed by atoms with van der Waals surface area (Å²) in [7, 11) is 1.69. The Bertz CT molecular complexity index is 3220. The summed E-state index contributed by atoms with van der Waals surface area (Å²) in [6.45, 7) is 11.2. The molecule has 0 spiro atoms. The molecule has 19 heteroatoms. The standard InChI is InChI=1S/C54H59N11O8/c1-30-27-60(33-10-13-62-34(21-33)11-18-73-45-23-38-37(22-42(45)62)50(69)65(51(38)70)41-6-8-47(67)58-49(41)68)14-15-61(30)35-5-7-46(56-26-35)57-40-19-32(28-59(4)52(40)71)36-9-12-55-48(39(36)29-66)64-17-16-63-43(53(64)72)20-31-24-54(2,3)25-44(31)63/h5,7,9,12,19-20,22-23,26,28,30,33-34,41,66H,6,8,10-11,13-18,21,24-25,27,29H2,1-4H3,(H,56,57)(H,58,67,68)/t30-,33-,34+,41?/m1/s1. The molecular weight excluding hydrogens is 931 g/mol. The average Bonchev–Trinajstić information content (AvgIpc) is 3.90. The molecule has 12 rings (SSSR count). The normalized spacial score (nSPS) is 23.6. The number of rotatable bonds is 8. The minimum atomic E-state index is -1.03. The van der Waals surface area contributed by atoms with Gasteiger partial charge in [-0.3, -0.25) is 48.8 Å². The number of aliphatic hydroxyl groups is 1. The maximum atomic E-state index is 14.0. The molecule has 3 saturated heterocycles. The highest BCUT2D eigenvalue weighted by molar-refractivity contribution is 6.24. The molecule has 6 aliphatic heterocycles. The Kier molecular flexibility index (Phi) is 11.3. The fourth-order valence-electron chi connectivity index (χ4n) is 12.8. The number of aryl methyl sites for hydroxylation is 1. The summed E-state index contributed by atoms with van der Waals surface area (Å²) < 4.78 is 9.90. The number of aromatic nitrogens is 4. The summed E-state index contributed by atoms with van der Waals surface area (Å²) in [4.78, 5) is 98.7. The Labute approximate surface area is 421 Å². The highest BCUT2D eigenvalue weighted by atomic mass is 16.5. The number of benzene rings is 1. The molecule has 4 atom stereocenters. The second-order valence-corrected chi connectivity index (χ2v) is 21.5. The zero-order valence-electron chi connectivity index (χ0n) is 41.5. The van der Waals surface area contributed by atoms with Gasteiger partial charge in [0.15, 0.2) is 0 Å². The largest absolute Gasteiger partial charge is 0.491 e. The van der Waals surface area contributed by atoms with Crippen LogP contribution in [0.3, 0.4) is 0 Å². The van der Waals surface area contributed by atoms with E-state index in [1.165, 1.54) is 15.8 Å². The SMILES string of the molecule is C[C@@H]1CN([C@@H]2CCN3c4cc5c(cc4OCC[C@H]3C2)C(=O)N(C2CCC(=O)NC2=O)C5=O)CCN1c1ccc(Nc2cc(-c3ccnc(N4CCn5c(cc6c5CC(C)(C)C6)C4=O)c3CO)cn(C)c2=O)nc1. The molecule has 0 radical (unpaired) electrons. The number of ether oxygens (including phenoxy) is 1. The van der Waals surface area contributed by atoms with E-state index in [4.69, 9.17) is 9.72 Å². The van der Waals surface area contributed by atoms with Crippen LogP contribution in [0.1, 0.15) is 101 Å². The minimum absolute atomic E-state index is 0.0603. The smallest absolute Gasteiger partial charge is 0.276 e. The van der Waals surface area contributed by atoms with Crippen molar-refractivity contribution in [3.8, 4) is 16.9 Å². The topological polar surface area (TPSA) is 208 Å². The predicted octanol–water partition coefficient (Wildman–Crippen LogP) is 4.40. The molecule has 5 amide bonds. The van der Waals surface area contributed by atoms with Gasteiger partial charge in [-0.25, -0.2) is 9.97 Å². The number of carbonyl (C=O) groups excluding carboxylic acids is 5. The Hall–Kier alpha value is -7.38. The van der Waals surface area contributed by atoms with Crippen LogP contribution in [0.4, 0.5) is 28.7 Å². The maximum absolute atomic E-state index is 14.0. The van der Waals surface area contributed by atoms with Crippen LogP contribution in [0.25, 0.3) is 11.1 Å². The molecule has 1 unspecified atom stereocenters. The molecule has 73 heavy (non-hydrogen) atoms. The minimum Gasteiger partial charge on any atom is -0.491 e. The number of nitrogens with one attached hydrogen (secondary N) is 2. The zero-order valence-corrected chi connectivity index (χ0v) is 41.5. The van der Waals surface area contributed by atoms with Crippen molar-refractivity contribution in [1.29, 1.82) is 0 Å². The van der Waals surface area contributed by atoms with Gasteiger partial charge in [0.05, 0.1) is 41.9 Å². The summed E-state index contributed by atoms with van der Waals surface area (Å²) in [5, 5.41) is 16.3. The van der Waals surface area contributed by atoms with Crippen molar-refractivity contribution in [2.24, 2.45) is 12.5 Å². The number of imide groups is 2. The molecule has 0 bridgehead atoms. The van der Waals surface area contributed by atoms with Gasteiger partial charge in [0.2, 0.25) is 11.8 Å². The number of fused-ring (bicyclic) bond motifs is 7. The van der Waals surface area contributed by atoms with Crippen LogP contribution in [-0.4, -0.2) is 127 Å². The van der Waals surface area contributed by atoms with E-state index in [9.17, 15) is 33.9 Å². The van der Waals surface area contributed by atoms with Crippen LogP contribution in [0.5, 0.6) is 5.75 Å². The Balaban J connectivity index is 0.698. The van der Waals surface area contributed by atoms with Gasteiger partial charge in [-0.05, 0) is 98.0 Å².